The molecule has 0 aliphatic rings. The van der Waals surface area contributed by atoms with Gasteiger partial charge >= 0.3 is 5.97 Å². The second-order valence-electron chi connectivity index (χ2n) is 5.49. The van der Waals surface area contributed by atoms with Gasteiger partial charge in [0, 0.05) is 17.1 Å². The first-order valence-electron chi connectivity index (χ1n) is 7.81. The highest BCUT2D eigenvalue weighted by Crippen LogP contribution is 2.22. The van der Waals surface area contributed by atoms with Crippen molar-refractivity contribution in [3.05, 3.63) is 65.7 Å². The topological polar surface area (TPSA) is 66.4 Å². The highest BCUT2D eigenvalue weighted by molar-refractivity contribution is 7.99. The van der Waals surface area contributed by atoms with Crippen molar-refractivity contribution < 1.29 is 14.7 Å². The van der Waals surface area contributed by atoms with Crippen molar-refractivity contribution in [1.29, 1.82) is 0 Å². The van der Waals surface area contributed by atoms with E-state index < -0.39 is 12.0 Å². The first-order chi connectivity index (χ1) is 11.6. The number of aliphatic carboxylic acids is 1. The monoisotopic (exact) mass is 343 g/mol. The number of aryl methyl sites for hydroxylation is 1. The quantitative estimate of drug-likeness (QED) is 0.715. The van der Waals surface area contributed by atoms with E-state index in [1.54, 1.807) is 11.8 Å². The Kier molecular flexibility index (Phi) is 6.88. The lowest BCUT2D eigenvalue weighted by molar-refractivity contribution is -0.137. The van der Waals surface area contributed by atoms with Gasteiger partial charge in [0.25, 0.3) is 0 Å². The minimum absolute atomic E-state index is 0.123. The Morgan fingerprint density at radius 3 is 2.42 bits per heavy atom. The Morgan fingerprint density at radius 1 is 1.08 bits per heavy atom. The molecular weight excluding hydrogens is 322 g/mol. The number of hydrogen-bond donors (Lipinski definition) is 2. The van der Waals surface area contributed by atoms with Crippen LogP contribution in [0.2, 0.25) is 0 Å². The summed E-state index contributed by atoms with van der Waals surface area (Å²) in [6, 6.07) is 16.9. The number of rotatable bonds is 8. The summed E-state index contributed by atoms with van der Waals surface area (Å²) in [5, 5.41) is 12.0. The van der Waals surface area contributed by atoms with E-state index >= 15 is 0 Å². The van der Waals surface area contributed by atoms with Crippen LogP contribution in [0.15, 0.2) is 59.5 Å². The van der Waals surface area contributed by atoms with Crippen molar-refractivity contribution in [2.45, 2.75) is 30.7 Å². The van der Waals surface area contributed by atoms with Crippen molar-refractivity contribution in [2.75, 3.05) is 5.75 Å². The zero-order valence-corrected chi connectivity index (χ0v) is 14.4. The van der Waals surface area contributed by atoms with Gasteiger partial charge in [-0.05, 0) is 30.2 Å². The van der Waals surface area contributed by atoms with Crippen LogP contribution in [0.1, 0.15) is 30.0 Å². The van der Waals surface area contributed by atoms with Crippen molar-refractivity contribution in [3.63, 3.8) is 0 Å². The summed E-state index contributed by atoms with van der Waals surface area (Å²) in [5.41, 5.74) is 1.83. The molecule has 1 unspecified atom stereocenters. The average molecular weight is 343 g/mol. The van der Waals surface area contributed by atoms with Gasteiger partial charge in [-0.15, -0.1) is 11.8 Å². The fraction of sp³-hybridized carbons (Fsp3) is 0.263. The lowest BCUT2D eigenvalue weighted by Gasteiger charge is -2.19. The van der Waals surface area contributed by atoms with Gasteiger partial charge in [-0.3, -0.25) is 9.59 Å². The van der Waals surface area contributed by atoms with Crippen LogP contribution in [0.4, 0.5) is 0 Å². The largest absolute Gasteiger partial charge is 0.481 e. The number of carbonyl (C=O) groups excluding carboxylic acids is 1. The zero-order chi connectivity index (χ0) is 17.4. The van der Waals surface area contributed by atoms with Crippen molar-refractivity contribution in [3.8, 4) is 0 Å². The van der Waals surface area contributed by atoms with Crippen LogP contribution >= 0.6 is 11.8 Å². The third-order valence-corrected chi connectivity index (χ3v) is 4.63. The van der Waals surface area contributed by atoms with E-state index in [2.05, 4.69) is 5.32 Å². The SMILES string of the molecule is Cc1ccccc1C(CC(=O)O)NC(=O)CCSc1ccccc1. The molecule has 1 amide bonds. The maximum Gasteiger partial charge on any atom is 0.305 e. The minimum atomic E-state index is -0.929. The number of nitrogens with one attached hydrogen (secondary N) is 1. The van der Waals surface area contributed by atoms with Gasteiger partial charge in [0.2, 0.25) is 5.91 Å². The molecule has 0 saturated carbocycles. The smallest absolute Gasteiger partial charge is 0.305 e. The van der Waals surface area contributed by atoms with E-state index in [0.29, 0.717) is 12.2 Å². The van der Waals surface area contributed by atoms with E-state index in [0.717, 1.165) is 16.0 Å². The predicted octanol–water partition coefficient (Wildman–Crippen LogP) is 3.81. The summed E-state index contributed by atoms with van der Waals surface area (Å²) in [5.74, 6) is -0.404. The van der Waals surface area contributed by atoms with Crippen molar-refractivity contribution in [1.82, 2.24) is 5.32 Å². The van der Waals surface area contributed by atoms with Gasteiger partial charge in [0.15, 0.2) is 0 Å². The van der Waals surface area contributed by atoms with Gasteiger partial charge in [-0.25, -0.2) is 0 Å². The Labute approximate surface area is 146 Å². The van der Waals surface area contributed by atoms with Crippen molar-refractivity contribution >= 4 is 23.6 Å². The van der Waals surface area contributed by atoms with E-state index in [1.807, 2.05) is 61.5 Å². The van der Waals surface area contributed by atoms with E-state index in [-0.39, 0.29) is 12.3 Å². The highest BCUT2D eigenvalue weighted by Gasteiger charge is 2.19. The molecule has 0 fully saturated rings. The Hall–Kier alpha value is -2.27. The maximum absolute atomic E-state index is 12.2. The van der Waals surface area contributed by atoms with Gasteiger partial charge in [0.1, 0.15) is 0 Å². The predicted molar refractivity (Wildman–Crippen MR) is 96.1 cm³/mol. The fourth-order valence-corrected chi connectivity index (χ4v) is 3.31. The Balaban J connectivity index is 1.92. The fourth-order valence-electron chi connectivity index (χ4n) is 2.44. The van der Waals surface area contributed by atoms with Crippen LogP contribution in [0, 0.1) is 6.92 Å². The highest BCUT2D eigenvalue weighted by atomic mass is 32.2. The summed E-state index contributed by atoms with van der Waals surface area (Å²) in [4.78, 5) is 24.4. The number of hydrogen-bond acceptors (Lipinski definition) is 3. The molecule has 0 saturated heterocycles. The summed E-state index contributed by atoms with van der Waals surface area (Å²) in [6.45, 7) is 1.92. The molecule has 2 aromatic carbocycles. The number of thioether (sulfide) groups is 1. The summed E-state index contributed by atoms with van der Waals surface area (Å²) < 4.78 is 0. The molecule has 0 aromatic heterocycles. The van der Waals surface area contributed by atoms with Gasteiger partial charge < -0.3 is 10.4 Å². The first kappa shape index (κ1) is 18.1. The molecule has 24 heavy (non-hydrogen) atoms. The molecule has 1 atom stereocenters. The van der Waals surface area contributed by atoms with Crippen molar-refractivity contribution in [2.24, 2.45) is 0 Å². The van der Waals surface area contributed by atoms with Crippen LogP contribution < -0.4 is 5.32 Å². The average Bonchev–Trinajstić information content (AvgIpc) is 2.55. The second-order valence-corrected chi connectivity index (χ2v) is 6.65. The van der Waals surface area contributed by atoms with Gasteiger partial charge in [-0.2, -0.15) is 0 Å². The normalized spacial score (nSPS) is 11.7. The summed E-state index contributed by atoms with van der Waals surface area (Å²) in [7, 11) is 0. The summed E-state index contributed by atoms with van der Waals surface area (Å²) in [6.07, 6.45) is 0.226. The molecule has 5 heteroatoms. The number of benzene rings is 2. The number of carboxylic acids is 1. The van der Waals surface area contributed by atoms with Crippen LogP contribution in [0.5, 0.6) is 0 Å². The van der Waals surface area contributed by atoms with Gasteiger partial charge in [-0.1, -0.05) is 42.5 Å². The number of carbonyl (C=O) groups is 2. The van der Waals surface area contributed by atoms with E-state index in [4.69, 9.17) is 5.11 Å². The molecule has 126 valence electrons. The molecular formula is C19H21NO3S. The zero-order valence-electron chi connectivity index (χ0n) is 13.6. The van der Waals surface area contributed by atoms with E-state index in [1.165, 1.54) is 0 Å². The molecule has 2 aromatic rings. The first-order valence-corrected chi connectivity index (χ1v) is 8.79. The third-order valence-electron chi connectivity index (χ3n) is 3.62. The molecule has 0 heterocycles. The molecule has 0 spiro atoms. The maximum atomic E-state index is 12.2. The molecule has 0 aliphatic heterocycles. The molecule has 2 rings (SSSR count). The standard InChI is InChI=1S/C19H21NO3S/c1-14-7-5-6-10-16(14)17(13-19(22)23)20-18(21)11-12-24-15-8-3-2-4-9-15/h2-10,17H,11-13H2,1H3,(H,20,21)(H,22,23). The lowest BCUT2D eigenvalue weighted by atomic mass is 9.98. The third kappa shape index (κ3) is 5.74. The Bertz CT molecular complexity index is 688. The van der Waals surface area contributed by atoms with Crippen LogP contribution in [0.3, 0.4) is 0 Å². The van der Waals surface area contributed by atoms with E-state index in [9.17, 15) is 9.59 Å². The van der Waals surface area contributed by atoms with Crippen LogP contribution in [-0.4, -0.2) is 22.7 Å². The molecule has 0 radical (unpaired) electrons. The molecule has 0 aliphatic carbocycles. The lowest BCUT2D eigenvalue weighted by Crippen LogP contribution is -2.30. The van der Waals surface area contributed by atoms with Gasteiger partial charge in [0.05, 0.1) is 12.5 Å². The second kappa shape index (κ2) is 9.13. The molecule has 2 N–H and O–H groups in total. The number of carboxylic acid groups (broad SMARTS) is 1. The Morgan fingerprint density at radius 2 is 1.75 bits per heavy atom. The number of amides is 1. The molecule has 4 nitrogen and oxygen atoms in total. The minimum Gasteiger partial charge on any atom is -0.481 e. The van der Waals surface area contributed by atoms with Crippen LogP contribution in [-0.2, 0) is 9.59 Å². The molecule has 0 bridgehead atoms. The summed E-state index contributed by atoms with van der Waals surface area (Å²) >= 11 is 1.61. The van der Waals surface area contributed by atoms with Crippen LogP contribution in [0.25, 0.3) is 0 Å².